The van der Waals surface area contributed by atoms with E-state index < -0.39 is 40.7 Å². The first-order chi connectivity index (χ1) is 67.7. The number of aromatic hydroxyl groups is 2. The second-order valence-electron chi connectivity index (χ2n) is 36.6. The molecule has 742 valence electrons. The molecule has 12 unspecified atom stereocenters. The number of pyridine rings is 6. The van der Waals surface area contributed by atoms with Crippen LogP contribution < -0.4 is 48.8 Å². The highest BCUT2D eigenvalue weighted by Crippen LogP contribution is 2.42. The van der Waals surface area contributed by atoms with E-state index >= 15 is 0 Å². The highest BCUT2D eigenvalue weighted by molar-refractivity contribution is 6.68. The van der Waals surface area contributed by atoms with E-state index in [1.54, 1.807) is 131 Å². The number of hydrogen-bond acceptors (Lipinski definition) is 36. The molecule has 3 aromatic carbocycles. The molecule has 14 aliphatic rings. The molecule has 0 saturated carbocycles. The lowest BCUT2D eigenvalue weighted by Gasteiger charge is -2.34. The van der Waals surface area contributed by atoms with E-state index in [-0.39, 0.29) is 108 Å². The second-order valence-corrected chi connectivity index (χ2v) is 36.9. The van der Waals surface area contributed by atoms with Crippen molar-refractivity contribution in [3.8, 4) is 34.5 Å². The minimum atomic E-state index is -0.991. The van der Waals surface area contributed by atoms with Crippen LogP contribution in [-0.2, 0) is 65.3 Å². The number of hydrogen-bond donors (Lipinski definition) is 3. The summed E-state index contributed by atoms with van der Waals surface area (Å²) in [6.07, 6.45) is 28.0. The Morgan fingerprint density at radius 3 is 1.09 bits per heavy atom. The van der Waals surface area contributed by atoms with Gasteiger partial charge < -0.3 is 111 Å². The Morgan fingerprint density at radius 1 is 0.393 bits per heavy atom. The number of carbonyl (C=O) groups is 7. The van der Waals surface area contributed by atoms with Gasteiger partial charge in [0.2, 0.25) is 17.5 Å². The van der Waals surface area contributed by atoms with Crippen molar-refractivity contribution >= 4 is 82.1 Å². The first kappa shape index (κ1) is 100.0. The molecule has 12 saturated heterocycles. The summed E-state index contributed by atoms with van der Waals surface area (Å²) >= 11 is 5.58. The van der Waals surface area contributed by atoms with Crippen LogP contribution in [0.1, 0.15) is 188 Å². The molecule has 20 heterocycles. The predicted octanol–water partition coefficient (Wildman–Crippen LogP) is 13.0. The van der Waals surface area contributed by atoms with E-state index in [4.69, 9.17) is 77.9 Å². The number of nitrogens with one attached hydrogen (secondary N) is 1. The molecule has 9 aromatic rings. The van der Waals surface area contributed by atoms with Gasteiger partial charge in [-0.1, -0.05) is 30.3 Å². The van der Waals surface area contributed by atoms with Crippen molar-refractivity contribution in [3.05, 3.63) is 221 Å². The number of halogens is 2. The van der Waals surface area contributed by atoms with E-state index in [1.165, 1.54) is 64.6 Å². The number of carbonyl (C=O) groups excluding carboxylic acids is 7. The van der Waals surface area contributed by atoms with Gasteiger partial charge >= 0.3 is 29.8 Å². The minimum Gasteiger partial charge on any atom is -0.507 e. The minimum absolute atomic E-state index is 0.0799. The van der Waals surface area contributed by atoms with E-state index in [0.29, 0.717) is 87.8 Å². The number of esters is 5. The van der Waals surface area contributed by atoms with Crippen LogP contribution in [0.5, 0.6) is 34.5 Å². The van der Waals surface area contributed by atoms with Crippen LogP contribution in [-0.4, -0.2) is 266 Å². The number of ether oxygens (including phenoxy) is 15. The van der Waals surface area contributed by atoms with Gasteiger partial charge in [-0.2, -0.15) is 4.39 Å². The molecule has 0 spiro atoms. The smallest absolute Gasteiger partial charge is 0.349 e. The number of morpholine rings is 6. The quantitative estimate of drug-likeness (QED) is 0.0266. The van der Waals surface area contributed by atoms with Crippen molar-refractivity contribution in [1.29, 1.82) is 0 Å². The lowest BCUT2D eigenvalue weighted by atomic mass is 10.1. The third-order valence-corrected chi connectivity index (χ3v) is 25.9. The standard InChI is InChI=1S/C22H24N2O5.C19H20N2O4.2C13H16N2O3.C12H13ClN2O2.C10H10O4.C7H6FNO2.C6H11NO/c1-22(2)28-18-7-3-6-17(19(18)21(25)29-22)26-13-14-5-4-10-23-20(14)24-11-15-8-9-16(12-24)27-15;22-11-16-17(23)4-1-5-18(16)24-12-13-3-2-8-20-19(13)21-9-14-6-7-15(10-21)25-14;2*1-17-13(16)11-3-2-6-14-12(11)15-7-9-4-5-10(8-15)18-9;13-11(16)10-2-1-5-14-12(10)15-6-8-3-4-9(7-15)17-8;1-10(2)13-7-5-3-4-6(11)8(7)9(12)14-10;1-11-7(10)5-3-2-4-9-6(5)8;1-2-6-4-7-3-5(1)8-6/h3-7,10,15-16H,8-9,11-13H2,1-2H3;1-5,8,11,14-15,23H,6-7,9-10,12H2;2*2-3,6,9-10H,4-5,7-8H2,1H3;1-2,5,8-9H,3-4,6-7H2;3-5,11H,1-2H3;2-4H,1H3;5-7H,1-4H2. The van der Waals surface area contributed by atoms with Gasteiger partial charge in [0.1, 0.15) is 105 Å². The number of methoxy groups -OCH3 is 3. The van der Waals surface area contributed by atoms with Gasteiger partial charge in [0.05, 0.1) is 106 Å². The third-order valence-electron chi connectivity index (χ3n) is 25.7. The largest absolute Gasteiger partial charge is 0.507 e. The zero-order chi connectivity index (χ0) is 98.1. The molecule has 12 bridgehead atoms. The zero-order valence-corrected chi connectivity index (χ0v) is 79.8. The highest BCUT2D eigenvalue weighted by Gasteiger charge is 2.43. The second kappa shape index (κ2) is 45.9. The van der Waals surface area contributed by atoms with Crippen LogP contribution in [0.3, 0.4) is 0 Å². The molecular weight excluding hydrogens is 1830 g/mol. The monoisotopic (exact) mass is 1950 g/mol. The number of rotatable bonds is 16. The van der Waals surface area contributed by atoms with Gasteiger partial charge in [-0.05, 0) is 186 Å². The summed E-state index contributed by atoms with van der Waals surface area (Å²) in [7, 11) is 3.97. The Labute approximate surface area is 814 Å². The van der Waals surface area contributed by atoms with E-state index in [0.717, 1.165) is 166 Å². The van der Waals surface area contributed by atoms with Crippen LogP contribution in [0, 0.1) is 5.95 Å². The fraction of sp³-hybridized carbons (Fsp3) is 0.461. The molecule has 0 amide bonds. The number of aromatic nitrogens is 6. The zero-order valence-electron chi connectivity index (χ0n) is 79.0. The molecule has 12 atom stereocenters. The number of benzene rings is 3. The molecule has 0 aliphatic carbocycles. The lowest BCUT2D eigenvalue weighted by Crippen LogP contribution is -2.43. The maximum atomic E-state index is 12.6. The maximum Gasteiger partial charge on any atom is 0.349 e. The Bertz CT molecular complexity index is 5710. The van der Waals surface area contributed by atoms with Crippen molar-refractivity contribution < 1.29 is 119 Å². The number of aldehydes is 1. The van der Waals surface area contributed by atoms with Gasteiger partial charge in [-0.25, -0.2) is 53.9 Å². The third kappa shape index (κ3) is 25.0. The van der Waals surface area contributed by atoms with Gasteiger partial charge in [-0.3, -0.25) is 9.59 Å². The average Bonchev–Trinajstić information content (AvgIpc) is 1.07. The first-order valence-corrected chi connectivity index (χ1v) is 47.6. The van der Waals surface area contributed by atoms with Crippen molar-refractivity contribution in [2.75, 3.05) is 124 Å². The van der Waals surface area contributed by atoms with Crippen LogP contribution in [0.2, 0.25) is 0 Å². The summed E-state index contributed by atoms with van der Waals surface area (Å²) in [5, 5.41) is 22.1. The first-order valence-electron chi connectivity index (χ1n) is 47.2. The number of cyclic esters (lactones) is 2. The predicted molar refractivity (Wildman–Crippen MR) is 508 cm³/mol. The molecule has 3 N–H and O–H groups in total. The molecule has 0 radical (unpaired) electrons. The lowest BCUT2D eigenvalue weighted by molar-refractivity contribution is -0.128. The summed E-state index contributed by atoms with van der Waals surface area (Å²) in [6, 6.07) is 35.8. The fourth-order valence-electron chi connectivity index (χ4n) is 19.3. The molecule has 36 nitrogen and oxygen atoms in total. The fourth-order valence-corrected chi connectivity index (χ4v) is 19.4. The molecular formula is C102H116ClFN12O24. The Hall–Kier alpha value is -13.0. The number of anilines is 5. The van der Waals surface area contributed by atoms with Crippen molar-refractivity contribution in [1.82, 2.24) is 35.2 Å². The number of phenolic OH excluding ortho intramolecular Hbond substituents is 2. The Balaban J connectivity index is 0.000000118. The molecule has 14 aliphatic heterocycles. The Kier molecular flexibility index (Phi) is 32.8. The molecule has 12 fully saturated rings. The van der Waals surface area contributed by atoms with Gasteiger partial charge in [-0.15, -0.1) is 0 Å². The van der Waals surface area contributed by atoms with Crippen molar-refractivity contribution in [2.24, 2.45) is 0 Å². The highest BCUT2D eigenvalue weighted by atomic mass is 35.5. The summed E-state index contributed by atoms with van der Waals surface area (Å²) in [5.74, 6) is 0.202. The van der Waals surface area contributed by atoms with Gasteiger partial charge in [0.15, 0.2) is 6.29 Å². The van der Waals surface area contributed by atoms with E-state index in [9.17, 15) is 48.2 Å². The summed E-state index contributed by atoms with van der Waals surface area (Å²) in [6.45, 7) is 17.6. The number of fused-ring (bicyclic) bond motifs is 14. The summed E-state index contributed by atoms with van der Waals surface area (Å²) in [5.41, 5.74) is 3.89. The topological polar surface area (TPSA) is 404 Å². The van der Waals surface area contributed by atoms with E-state index in [2.05, 4.69) is 64.5 Å². The summed E-state index contributed by atoms with van der Waals surface area (Å²) < 4.78 is 94.6. The SMILES string of the molecule is C1CC2CNCC1O2.CC1(C)OC(=O)c2c(O)cccc2O1.CC1(C)OC(=O)c2c(OCc3cccnc3N3CC4CCC(C3)O4)cccc2O1.COC(=O)c1cccnc1F.COC(=O)c1cccnc1N1CC2CCC(C1)O2.COC(=O)c1cccnc1N1CC2CCC(C1)O2.O=C(Cl)c1cccnc1N1CC2CCC(C1)O2.O=Cc1c(O)cccc1OCc1cccnc1N1CC2CCC(C1)O2. The molecule has 38 heteroatoms. The average molecular weight is 1950 g/mol. The van der Waals surface area contributed by atoms with Crippen LogP contribution in [0.4, 0.5) is 33.5 Å². The number of nitrogens with zero attached hydrogens (tertiary/aromatic N) is 11. The van der Waals surface area contributed by atoms with Crippen molar-refractivity contribution in [2.45, 2.75) is 203 Å². The summed E-state index contributed by atoms with van der Waals surface area (Å²) in [4.78, 5) is 117. The molecule has 23 rings (SSSR count). The normalized spacial score (nSPS) is 24.1. The van der Waals surface area contributed by atoms with Crippen LogP contribution in [0.15, 0.2) is 165 Å². The number of phenols is 2. The van der Waals surface area contributed by atoms with Gasteiger partial charge in [0, 0.05) is 155 Å². The van der Waals surface area contributed by atoms with E-state index in [1.807, 2.05) is 30.3 Å². The van der Waals surface area contributed by atoms with Gasteiger partial charge in [0.25, 0.3) is 5.24 Å². The molecule has 6 aromatic heterocycles. The maximum absolute atomic E-state index is 12.6. The molecule has 140 heavy (non-hydrogen) atoms. The van der Waals surface area contributed by atoms with Crippen LogP contribution >= 0.6 is 11.6 Å². The van der Waals surface area contributed by atoms with Crippen LogP contribution in [0.25, 0.3) is 0 Å². The Morgan fingerprint density at radius 2 is 0.700 bits per heavy atom. The van der Waals surface area contributed by atoms with Crippen molar-refractivity contribution in [3.63, 3.8) is 0 Å².